The van der Waals surface area contributed by atoms with Crippen molar-refractivity contribution in [3.8, 4) is 6.07 Å². The number of H-pyrrole nitrogens is 1. The normalized spacial score (nSPS) is 20.9. The number of aromatic amines is 1. The predicted octanol–water partition coefficient (Wildman–Crippen LogP) is 1.09. The summed E-state index contributed by atoms with van der Waals surface area (Å²) in [4.78, 5) is 13.9. The molecule has 4 rings (SSSR count). The molecule has 27 heavy (non-hydrogen) atoms. The molecule has 0 radical (unpaired) electrons. The minimum atomic E-state index is -3.69. The number of hydrogen-bond acceptors (Lipinski definition) is 6. The molecule has 9 nitrogen and oxygen atoms in total. The van der Waals surface area contributed by atoms with Crippen LogP contribution in [0.4, 0.5) is 5.82 Å². The lowest BCUT2D eigenvalue weighted by atomic mass is 10.2. The van der Waals surface area contributed by atoms with Gasteiger partial charge in [0.15, 0.2) is 0 Å². The van der Waals surface area contributed by atoms with E-state index in [0.29, 0.717) is 26.1 Å². The van der Waals surface area contributed by atoms with Crippen molar-refractivity contribution in [3.05, 3.63) is 18.6 Å². The van der Waals surface area contributed by atoms with Gasteiger partial charge in [0.25, 0.3) is 10.2 Å². The highest BCUT2D eigenvalue weighted by molar-refractivity contribution is 7.86. The molecule has 3 heterocycles. The topological polar surface area (TPSA) is 109 Å². The maximum absolute atomic E-state index is 13.2. The van der Waals surface area contributed by atoms with Crippen LogP contribution in [0, 0.1) is 11.3 Å². The van der Waals surface area contributed by atoms with Gasteiger partial charge in [0.2, 0.25) is 0 Å². The smallest absolute Gasteiger partial charge is 0.283 e. The molecule has 1 atom stereocenters. The monoisotopic (exact) mass is 389 g/mol. The third kappa shape index (κ3) is 2.86. The fraction of sp³-hybridized carbons (Fsp3) is 0.588. The summed E-state index contributed by atoms with van der Waals surface area (Å²) in [6.45, 7) is 3.35. The van der Waals surface area contributed by atoms with Crippen LogP contribution in [0.3, 0.4) is 0 Å². The molecule has 144 valence electrons. The van der Waals surface area contributed by atoms with E-state index in [1.165, 1.54) is 17.7 Å². The SMILES string of the molecule is CCC(C#N)N(C)S(=O)(=O)N1CCN(c2ncnc3[nH]ccc23)CC12CC2. The Hall–Kier alpha value is -2.22. The van der Waals surface area contributed by atoms with Crippen molar-refractivity contribution in [2.75, 3.05) is 31.6 Å². The van der Waals surface area contributed by atoms with Gasteiger partial charge in [-0.25, -0.2) is 9.97 Å². The van der Waals surface area contributed by atoms with Crippen LogP contribution < -0.4 is 4.90 Å². The lowest BCUT2D eigenvalue weighted by Gasteiger charge is -2.43. The van der Waals surface area contributed by atoms with Crippen molar-refractivity contribution in [3.63, 3.8) is 0 Å². The van der Waals surface area contributed by atoms with Gasteiger partial charge in [-0.2, -0.15) is 22.3 Å². The second-order valence-corrected chi connectivity index (χ2v) is 9.14. The van der Waals surface area contributed by atoms with Crippen LogP contribution >= 0.6 is 0 Å². The highest BCUT2D eigenvalue weighted by atomic mass is 32.2. The number of anilines is 1. The van der Waals surface area contributed by atoms with Crippen molar-refractivity contribution in [2.45, 2.75) is 37.8 Å². The summed E-state index contributed by atoms with van der Waals surface area (Å²) in [7, 11) is -2.19. The van der Waals surface area contributed by atoms with Crippen molar-refractivity contribution in [1.29, 1.82) is 5.26 Å². The standard InChI is InChI=1S/C17H23N7O2S/c1-3-13(10-18)22(2)27(25,26)24-9-8-23(11-17(24)5-6-17)16-14-4-7-19-15(14)20-12-21-16/h4,7,12-13H,3,5-6,8-9,11H2,1-2H3,(H,19,20,21). The molecule has 1 unspecified atom stereocenters. The van der Waals surface area contributed by atoms with E-state index >= 15 is 0 Å². The zero-order valence-corrected chi connectivity index (χ0v) is 16.3. The Morgan fingerprint density at radius 1 is 1.41 bits per heavy atom. The largest absolute Gasteiger partial charge is 0.353 e. The first kappa shape index (κ1) is 18.2. The minimum absolute atomic E-state index is 0.379. The highest BCUT2D eigenvalue weighted by Crippen LogP contribution is 2.47. The van der Waals surface area contributed by atoms with Crippen LogP contribution in [-0.4, -0.2) is 70.2 Å². The van der Waals surface area contributed by atoms with Gasteiger partial charge in [-0.1, -0.05) is 6.92 Å². The number of aromatic nitrogens is 3. The van der Waals surface area contributed by atoms with Crippen LogP contribution in [0.1, 0.15) is 26.2 Å². The molecule has 0 amide bonds. The molecule has 0 aromatic carbocycles. The molecular formula is C17H23N7O2S. The zero-order chi connectivity index (χ0) is 19.2. The Balaban J connectivity index is 1.61. The molecule has 2 aliphatic rings. The van der Waals surface area contributed by atoms with Crippen molar-refractivity contribution < 1.29 is 8.42 Å². The fourth-order valence-electron chi connectivity index (χ4n) is 3.91. The molecule has 2 aromatic heterocycles. The molecular weight excluding hydrogens is 366 g/mol. The number of fused-ring (bicyclic) bond motifs is 1. The number of piperazine rings is 1. The Morgan fingerprint density at radius 3 is 2.85 bits per heavy atom. The van der Waals surface area contributed by atoms with Gasteiger partial charge in [0.1, 0.15) is 23.8 Å². The van der Waals surface area contributed by atoms with E-state index in [1.54, 1.807) is 4.31 Å². The second-order valence-electron chi connectivity index (χ2n) is 7.23. The second kappa shape index (κ2) is 6.44. The summed E-state index contributed by atoms with van der Waals surface area (Å²) < 4.78 is 29.2. The maximum atomic E-state index is 13.2. The van der Waals surface area contributed by atoms with Crippen LogP contribution in [0.25, 0.3) is 11.0 Å². The van der Waals surface area contributed by atoms with E-state index in [9.17, 15) is 13.7 Å². The van der Waals surface area contributed by atoms with E-state index in [1.807, 2.05) is 19.2 Å². The lowest BCUT2D eigenvalue weighted by molar-refractivity contribution is 0.245. The van der Waals surface area contributed by atoms with Gasteiger partial charge in [-0.15, -0.1) is 0 Å². The van der Waals surface area contributed by atoms with Gasteiger partial charge in [0, 0.05) is 32.9 Å². The Bertz CT molecular complexity index is 992. The average Bonchev–Trinajstić information content (AvgIpc) is 3.24. The zero-order valence-electron chi connectivity index (χ0n) is 15.5. The molecule has 2 aromatic rings. The number of nitrogens with one attached hydrogen (secondary N) is 1. The Morgan fingerprint density at radius 2 is 2.19 bits per heavy atom. The van der Waals surface area contributed by atoms with Gasteiger partial charge < -0.3 is 9.88 Å². The summed E-state index contributed by atoms with van der Waals surface area (Å²) in [5.74, 6) is 0.835. The number of hydrogen-bond donors (Lipinski definition) is 1. The third-order valence-electron chi connectivity index (χ3n) is 5.66. The Kier molecular flexibility index (Phi) is 4.33. The molecule has 1 saturated carbocycles. The van der Waals surface area contributed by atoms with E-state index in [0.717, 1.165) is 29.7 Å². The number of nitrogens with zero attached hydrogens (tertiary/aromatic N) is 6. The molecule has 2 fully saturated rings. The predicted molar refractivity (Wildman–Crippen MR) is 101 cm³/mol. The van der Waals surface area contributed by atoms with Gasteiger partial charge >= 0.3 is 0 Å². The van der Waals surface area contributed by atoms with E-state index in [4.69, 9.17) is 0 Å². The van der Waals surface area contributed by atoms with Crippen molar-refractivity contribution in [1.82, 2.24) is 23.6 Å². The maximum Gasteiger partial charge on any atom is 0.283 e. The summed E-state index contributed by atoms with van der Waals surface area (Å²) in [5.41, 5.74) is 0.367. The Labute approximate surface area is 158 Å². The lowest BCUT2D eigenvalue weighted by Crippen LogP contribution is -2.60. The van der Waals surface area contributed by atoms with Crippen LogP contribution in [0.5, 0.6) is 0 Å². The van der Waals surface area contributed by atoms with Crippen LogP contribution in [0.2, 0.25) is 0 Å². The molecule has 1 N–H and O–H groups in total. The van der Waals surface area contributed by atoms with Gasteiger partial charge in [-0.3, -0.25) is 0 Å². The fourth-order valence-corrected chi connectivity index (χ4v) is 5.78. The molecule has 1 saturated heterocycles. The quantitative estimate of drug-likeness (QED) is 0.820. The first-order valence-electron chi connectivity index (χ1n) is 9.11. The summed E-state index contributed by atoms with van der Waals surface area (Å²) in [6, 6.07) is 3.38. The van der Waals surface area contributed by atoms with E-state index in [-0.39, 0.29) is 0 Å². The van der Waals surface area contributed by atoms with Crippen molar-refractivity contribution in [2.24, 2.45) is 0 Å². The van der Waals surface area contributed by atoms with E-state index in [2.05, 4.69) is 25.9 Å². The molecule has 0 bridgehead atoms. The summed E-state index contributed by atoms with van der Waals surface area (Å²) >= 11 is 0. The average molecular weight is 389 g/mol. The highest BCUT2D eigenvalue weighted by Gasteiger charge is 2.57. The molecule has 10 heteroatoms. The first-order chi connectivity index (χ1) is 12.9. The van der Waals surface area contributed by atoms with E-state index < -0.39 is 21.8 Å². The van der Waals surface area contributed by atoms with Gasteiger partial charge in [-0.05, 0) is 25.3 Å². The molecule has 1 aliphatic heterocycles. The number of rotatable bonds is 5. The first-order valence-corrected chi connectivity index (χ1v) is 10.5. The van der Waals surface area contributed by atoms with Crippen molar-refractivity contribution >= 4 is 27.1 Å². The third-order valence-corrected chi connectivity index (χ3v) is 7.77. The minimum Gasteiger partial charge on any atom is -0.353 e. The van der Waals surface area contributed by atoms with Gasteiger partial charge in [0.05, 0.1) is 17.0 Å². The molecule has 1 aliphatic carbocycles. The number of nitriles is 1. The van der Waals surface area contributed by atoms with Crippen LogP contribution in [0.15, 0.2) is 18.6 Å². The summed E-state index contributed by atoms with van der Waals surface area (Å²) in [6.07, 6.45) is 5.47. The molecule has 1 spiro atoms. The van der Waals surface area contributed by atoms with Crippen LogP contribution in [-0.2, 0) is 10.2 Å². The summed E-state index contributed by atoms with van der Waals surface area (Å²) in [5, 5.41) is 10.2.